The molecule has 0 saturated carbocycles. The van der Waals surface area contributed by atoms with Crippen molar-refractivity contribution in [2.75, 3.05) is 39.4 Å². The lowest BCUT2D eigenvalue weighted by atomic mass is 10.2. The summed E-state index contributed by atoms with van der Waals surface area (Å²) >= 11 is 1.40. The number of rotatable bonds is 5. The first-order chi connectivity index (χ1) is 7.86. The lowest BCUT2D eigenvalue weighted by Crippen LogP contribution is -2.40. The fourth-order valence-corrected chi connectivity index (χ4v) is 2.28. The summed E-state index contributed by atoms with van der Waals surface area (Å²) in [6.07, 6.45) is 0. The molecule has 1 fully saturated rings. The molecule has 0 radical (unpaired) electrons. The molecule has 1 unspecified atom stereocenters. The third-order valence-electron chi connectivity index (χ3n) is 2.80. The molecule has 0 spiro atoms. The maximum absolute atomic E-state index is 5.31. The van der Waals surface area contributed by atoms with E-state index in [-0.39, 0.29) is 0 Å². The summed E-state index contributed by atoms with van der Waals surface area (Å²) in [6, 6.07) is 0.291. The molecule has 0 aliphatic carbocycles. The van der Waals surface area contributed by atoms with E-state index in [0.29, 0.717) is 6.04 Å². The average molecular weight is 242 g/mol. The number of morpholine rings is 1. The normalized spacial score (nSPS) is 19.8. The molecule has 6 heteroatoms. The van der Waals surface area contributed by atoms with E-state index in [2.05, 4.69) is 26.7 Å². The molecule has 1 aliphatic rings. The van der Waals surface area contributed by atoms with Crippen LogP contribution in [0.25, 0.3) is 0 Å². The Morgan fingerprint density at radius 3 is 3.06 bits per heavy atom. The van der Waals surface area contributed by atoms with Crippen LogP contribution in [0.2, 0.25) is 0 Å². The fraction of sp³-hybridized carbons (Fsp3) is 0.800. The molecular formula is C10H18N4OS. The molecule has 2 heterocycles. The van der Waals surface area contributed by atoms with Gasteiger partial charge >= 0.3 is 0 Å². The molecule has 5 nitrogen and oxygen atoms in total. The van der Waals surface area contributed by atoms with Crippen molar-refractivity contribution in [2.45, 2.75) is 13.0 Å². The van der Waals surface area contributed by atoms with Gasteiger partial charge in [-0.05, 0) is 18.5 Å². The molecule has 90 valence electrons. The van der Waals surface area contributed by atoms with Crippen LogP contribution in [-0.2, 0) is 4.74 Å². The van der Waals surface area contributed by atoms with Crippen LogP contribution in [0.4, 0.5) is 0 Å². The van der Waals surface area contributed by atoms with E-state index in [1.54, 1.807) is 0 Å². The predicted octanol–water partition coefficient (Wildman–Crippen LogP) is 0.521. The zero-order valence-electron chi connectivity index (χ0n) is 9.56. The van der Waals surface area contributed by atoms with E-state index in [1.165, 1.54) is 11.5 Å². The van der Waals surface area contributed by atoms with Gasteiger partial charge in [-0.1, -0.05) is 4.49 Å². The summed E-state index contributed by atoms with van der Waals surface area (Å²) in [6.45, 7) is 8.01. The smallest absolute Gasteiger partial charge is 0.0921 e. The molecule has 1 aromatic rings. The van der Waals surface area contributed by atoms with Crippen LogP contribution < -0.4 is 5.32 Å². The minimum Gasteiger partial charge on any atom is -0.379 e. The number of hydrogen-bond donors (Lipinski definition) is 1. The Labute approximate surface area is 100.0 Å². The van der Waals surface area contributed by atoms with Gasteiger partial charge in [0.15, 0.2) is 0 Å². The number of ether oxygens (including phenoxy) is 1. The van der Waals surface area contributed by atoms with E-state index in [1.807, 2.05) is 5.38 Å². The van der Waals surface area contributed by atoms with Gasteiger partial charge in [-0.3, -0.25) is 4.90 Å². The summed E-state index contributed by atoms with van der Waals surface area (Å²) in [7, 11) is 0. The minimum atomic E-state index is 0.291. The Bertz CT molecular complexity index is 287. The summed E-state index contributed by atoms with van der Waals surface area (Å²) in [4.78, 5) is 2.42. The van der Waals surface area contributed by atoms with Crippen LogP contribution in [0.3, 0.4) is 0 Å². The Morgan fingerprint density at radius 2 is 2.38 bits per heavy atom. The zero-order valence-corrected chi connectivity index (χ0v) is 10.4. The topological polar surface area (TPSA) is 50.3 Å². The molecule has 1 aromatic heterocycles. The van der Waals surface area contributed by atoms with Gasteiger partial charge in [0.05, 0.1) is 18.9 Å². The third kappa shape index (κ3) is 3.48. The quantitative estimate of drug-likeness (QED) is 0.816. The van der Waals surface area contributed by atoms with E-state index < -0.39 is 0 Å². The number of aromatic nitrogens is 2. The van der Waals surface area contributed by atoms with Crippen LogP contribution in [0.1, 0.15) is 18.7 Å². The van der Waals surface area contributed by atoms with Gasteiger partial charge in [-0.25, -0.2) is 0 Å². The first-order valence-electron chi connectivity index (χ1n) is 5.66. The molecular weight excluding hydrogens is 224 g/mol. The molecule has 0 aromatic carbocycles. The van der Waals surface area contributed by atoms with Gasteiger partial charge < -0.3 is 10.1 Å². The summed E-state index contributed by atoms with van der Waals surface area (Å²) < 4.78 is 9.17. The Morgan fingerprint density at radius 1 is 1.56 bits per heavy atom. The maximum Gasteiger partial charge on any atom is 0.0921 e. The van der Waals surface area contributed by atoms with Crippen molar-refractivity contribution in [2.24, 2.45) is 0 Å². The lowest BCUT2D eigenvalue weighted by molar-refractivity contribution is 0.0382. The highest BCUT2D eigenvalue weighted by atomic mass is 32.1. The molecule has 1 atom stereocenters. The molecule has 1 saturated heterocycles. The van der Waals surface area contributed by atoms with Crippen molar-refractivity contribution in [3.8, 4) is 0 Å². The monoisotopic (exact) mass is 242 g/mol. The Hall–Kier alpha value is -0.560. The number of nitrogens with zero attached hydrogens (tertiary/aromatic N) is 3. The first kappa shape index (κ1) is 11.9. The largest absolute Gasteiger partial charge is 0.379 e. The van der Waals surface area contributed by atoms with Gasteiger partial charge in [-0.15, -0.1) is 5.10 Å². The van der Waals surface area contributed by atoms with Crippen molar-refractivity contribution in [1.82, 2.24) is 19.8 Å². The minimum absolute atomic E-state index is 0.291. The van der Waals surface area contributed by atoms with Crippen molar-refractivity contribution in [3.05, 3.63) is 11.1 Å². The van der Waals surface area contributed by atoms with Gasteiger partial charge in [0.2, 0.25) is 0 Å². The van der Waals surface area contributed by atoms with E-state index in [4.69, 9.17) is 4.74 Å². The van der Waals surface area contributed by atoms with Crippen LogP contribution in [0.5, 0.6) is 0 Å². The van der Waals surface area contributed by atoms with E-state index in [9.17, 15) is 0 Å². The van der Waals surface area contributed by atoms with Gasteiger partial charge in [-0.2, -0.15) is 0 Å². The van der Waals surface area contributed by atoms with Gasteiger partial charge in [0, 0.05) is 37.6 Å². The second-order valence-corrected chi connectivity index (χ2v) is 4.57. The van der Waals surface area contributed by atoms with Gasteiger partial charge in [0.1, 0.15) is 0 Å². The summed E-state index contributed by atoms with van der Waals surface area (Å²) in [5.41, 5.74) is 1.03. The maximum atomic E-state index is 5.31. The Kier molecular flexibility index (Phi) is 4.65. The molecule has 1 N–H and O–H groups in total. The Balaban J connectivity index is 1.63. The predicted molar refractivity (Wildman–Crippen MR) is 63.6 cm³/mol. The number of nitrogens with one attached hydrogen (secondary N) is 1. The second kappa shape index (κ2) is 6.24. The van der Waals surface area contributed by atoms with Crippen molar-refractivity contribution >= 4 is 11.5 Å². The third-order valence-corrected chi connectivity index (χ3v) is 3.33. The fourth-order valence-electron chi connectivity index (χ4n) is 1.73. The standard InChI is InChI=1S/C10H18N4OS/c1-9(10-8-16-13-12-10)11-2-3-14-4-6-15-7-5-14/h8-9,11H,2-7H2,1H3. The van der Waals surface area contributed by atoms with Crippen LogP contribution >= 0.6 is 11.5 Å². The van der Waals surface area contributed by atoms with E-state index >= 15 is 0 Å². The van der Waals surface area contributed by atoms with E-state index in [0.717, 1.165) is 45.1 Å². The molecule has 0 amide bonds. The molecule has 0 bridgehead atoms. The molecule has 1 aliphatic heterocycles. The number of hydrogen-bond acceptors (Lipinski definition) is 6. The lowest BCUT2D eigenvalue weighted by Gasteiger charge is -2.27. The summed E-state index contributed by atoms with van der Waals surface area (Å²) in [5, 5.41) is 9.50. The molecule has 2 rings (SSSR count). The zero-order chi connectivity index (χ0) is 11.2. The molecule has 16 heavy (non-hydrogen) atoms. The van der Waals surface area contributed by atoms with Crippen molar-refractivity contribution in [3.63, 3.8) is 0 Å². The van der Waals surface area contributed by atoms with Crippen LogP contribution in [0.15, 0.2) is 5.38 Å². The van der Waals surface area contributed by atoms with Crippen molar-refractivity contribution in [1.29, 1.82) is 0 Å². The first-order valence-corrected chi connectivity index (χ1v) is 6.50. The van der Waals surface area contributed by atoms with Crippen molar-refractivity contribution < 1.29 is 4.74 Å². The highest BCUT2D eigenvalue weighted by molar-refractivity contribution is 7.03. The second-order valence-electron chi connectivity index (χ2n) is 3.96. The van der Waals surface area contributed by atoms with Gasteiger partial charge in [0.25, 0.3) is 0 Å². The summed E-state index contributed by atoms with van der Waals surface area (Å²) in [5.74, 6) is 0. The SMILES string of the molecule is CC(NCCN1CCOCC1)c1csnn1. The van der Waals surface area contributed by atoms with Crippen LogP contribution in [0, 0.1) is 0 Å². The van der Waals surface area contributed by atoms with Crippen LogP contribution in [-0.4, -0.2) is 53.9 Å². The highest BCUT2D eigenvalue weighted by Crippen LogP contribution is 2.09. The average Bonchev–Trinajstić information content (AvgIpc) is 2.84. The highest BCUT2D eigenvalue weighted by Gasteiger charge is 2.11.